The van der Waals surface area contributed by atoms with Crippen LogP contribution in [-0.2, 0) is 13.6 Å². The molecular weight excluding hydrogens is 296 g/mol. The lowest BCUT2D eigenvalue weighted by Crippen LogP contribution is -2.34. The number of hydrogen-bond donors (Lipinski definition) is 1. The van der Waals surface area contributed by atoms with Crippen LogP contribution < -0.4 is 0 Å². The minimum atomic E-state index is -0.204. The number of fused-ring (bicyclic) bond motifs is 1. The molecule has 0 saturated heterocycles. The maximum absolute atomic E-state index is 12.9. The molecule has 0 spiro atoms. The molecule has 0 atom stereocenters. The summed E-state index contributed by atoms with van der Waals surface area (Å²) in [5, 5.41) is 13.5. The summed E-state index contributed by atoms with van der Waals surface area (Å²) in [6.45, 7) is 2.25. The van der Waals surface area contributed by atoms with Crippen molar-refractivity contribution in [1.29, 1.82) is 0 Å². The van der Waals surface area contributed by atoms with Gasteiger partial charge in [0.05, 0.1) is 30.6 Å². The summed E-state index contributed by atoms with van der Waals surface area (Å²) in [5.74, 6) is 0.544. The molecule has 3 heterocycles. The molecule has 8 heteroatoms. The average Bonchev–Trinajstić information content (AvgIpc) is 3.16. The van der Waals surface area contributed by atoms with Gasteiger partial charge in [-0.05, 0) is 6.92 Å². The standard InChI is InChI=1S/C15H18N6O2/c1-11-12(9-17-13-3-4-18-21(11)13)15(23)20(7-8-22)10-14-16-5-6-19(14)2/h3-6,9,22H,7-8,10H2,1-2H3. The van der Waals surface area contributed by atoms with E-state index in [-0.39, 0.29) is 19.1 Å². The van der Waals surface area contributed by atoms with E-state index in [1.807, 2.05) is 24.7 Å². The minimum Gasteiger partial charge on any atom is -0.395 e. The number of carbonyl (C=O) groups is 1. The van der Waals surface area contributed by atoms with E-state index in [0.717, 1.165) is 5.82 Å². The van der Waals surface area contributed by atoms with Crippen molar-refractivity contribution in [3.63, 3.8) is 0 Å². The van der Waals surface area contributed by atoms with Gasteiger partial charge >= 0.3 is 0 Å². The Morgan fingerprint density at radius 3 is 2.87 bits per heavy atom. The van der Waals surface area contributed by atoms with E-state index in [9.17, 15) is 9.90 Å². The van der Waals surface area contributed by atoms with Crippen LogP contribution in [0.15, 0.2) is 30.9 Å². The summed E-state index contributed by atoms with van der Waals surface area (Å²) in [6.07, 6.45) is 6.69. The van der Waals surface area contributed by atoms with Gasteiger partial charge in [-0.15, -0.1) is 0 Å². The number of carbonyl (C=O) groups excluding carboxylic acids is 1. The Morgan fingerprint density at radius 1 is 1.35 bits per heavy atom. The first-order chi connectivity index (χ1) is 11.1. The Kier molecular flexibility index (Phi) is 4.07. The predicted octanol–water partition coefficient (Wildman–Crippen LogP) is 0.406. The van der Waals surface area contributed by atoms with E-state index in [1.54, 1.807) is 34.1 Å². The normalized spacial score (nSPS) is 11.1. The van der Waals surface area contributed by atoms with Gasteiger partial charge in [-0.2, -0.15) is 5.10 Å². The second-order valence-corrected chi connectivity index (χ2v) is 5.26. The molecule has 3 aromatic rings. The monoisotopic (exact) mass is 314 g/mol. The Labute approximate surface area is 133 Å². The first-order valence-electron chi connectivity index (χ1n) is 7.27. The highest BCUT2D eigenvalue weighted by Crippen LogP contribution is 2.13. The van der Waals surface area contributed by atoms with Crippen LogP contribution in [0, 0.1) is 6.92 Å². The van der Waals surface area contributed by atoms with Crippen molar-refractivity contribution in [2.75, 3.05) is 13.2 Å². The molecule has 3 rings (SSSR count). The molecule has 1 N–H and O–H groups in total. The number of aryl methyl sites for hydroxylation is 2. The topological polar surface area (TPSA) is 88.5 Å². The summed E-state index contributed by atoms with van der Waals surface area (Å²) in [6, 6.07) is 1.78. The molecule has 0 aromatic carbocycles. The van der Waals surface area contributed by atoms with Gasteiger partial charge in [0.1, 0.15) is 5.82 Å². The lowest BCUT2D eigenvalue weighted by atomic mass is 10.2. The van der Waals surface area contributed by atoms with Gasteiger partial charge < -0.3 is 14.6 Å². The number of rotatable bonds is 5. The van der Waals surface area contributed by atoms with Gasteiger partial charge in [-0.3, -0.25) is 4.79 Å². The third-order valence-corrected chi connectivity index (χ3v) is 3.80. The molecule has 0 radical (unpaired) electrons. The van der Waals surface area contributed by atoms with Gasteiger partial charge in [-0.25, -0.2) is 14.5 Å². The van der Waals surface area contributed by atoms with Gasteiger partial charge in [0, 0.05) is 38.2 Å². The SMILES string of the molecule is Cc1c(C(=O)N(CCO)Cc2nccn2C)cnc2ccnn12. The van der Waals surface area contributed by atoms with E-state index in [2.05, 4.69) is 15.1 Å². The largest absolute Gasteiger partial charge is 0.395 e. The van der Waals surface area contributed by atoms with E-state index in [4.69, 9.17) is 0 Å². The number of aromatic nitrogens is 5. The average molecular weight is 314 g/mol. The van der Waals surface area contributed by atoms with Crippen LogP contribution >= 0.6 is 0 Å². The van der Waals surface area contributed by atoms with Crippen molar-refractivity contribution >= 4 is 11.6 Å². The van der Waals surface area contributed by atoms with E-state index < -0.39 is 0 Å². The van der Waals surface area contributed by atoms with Crippen molar-refractivity contribution in [3.05, 3.63) is 47.9 Å². The van der Waals surface area contributed by atoms with Crippen molar-refractivity contribution in [1.82, 2.24) is 29.0 Å². The zero-order chi connectivity index (χ0) is 16.4. The van der Waals surface area contributed by atoms with Gasteiger partial charge in [0.25, 0.3) is 5.91 Å². The third-order valence-electron chi connectivity index (χ3n) is 3.80. The van der Waals surface area contributed by atoms with Crippen LogP contribution in [0.4, 0.5) is 0 Å². The minimum absolute atomic E-state index is 0.118. The van der Waals surface area contributed by atoms with Crippen LogP contribution in [0.3, 0.4) is 0 Å². The zero-order valence-electron chi connectivity index (χ0n) is 13.0. The fraction of sp³-hybridized carbons (Fsp3) is 0.333. The van der Waals surface area contributed by atoms with Crippen molar-refractivity contribution < 1.29 is 9.90 Å². The van der Waals surface area contributed by atoms with Crippen molar-refractivity contribution in [2.24, 2.45) is 7.05 Å². The van der Waals surface area contributed by atoms with E-state index in [1.165, 1.54) is 0 Å². The van der Waals surface area contributed by atoms with Gasteiger partial charge in [0.2, 0.25) is 0 Å². The highest BCUT2D eigenvalue weighted by Gasteiger charge is 2.21. The number of hydrogen-bond acceptors (Lipinski definition) is 5. The maximum atomic E-state index is 12.9. The molecule has 1 amide bonds. The molecule has 0 aliphatic rings. The quantitative estimate of drug-likeness (QED) is 0.736. The second-order valence-electron chi connectivity index (χ2n) is 5.26. The van der Waals surface area contributed by atoms with Crippen LogP contribution in [-0.4, -0.2) is 53.2 Å². The highest BCUT2D eigenvalue weighted by molar-refractivity contribution is 5.95. The van der Waals surface area contributed by atoms with Crippen LogP contribution in [0.1, 0.15) is 21.9 Å². The van der Waals surface area contributed by atoms with Gasteiger partial charge in [0.15, 0.2) is 5.65 Å². The van der Waals surface area contributed by atoms with Crippen LogP contribution in [0.25, 0.3) is 5.65 Å². The molecule has 0 bridgehead atoms. The fourth-order valence-corrected chi connectivity index (χ4v) is 2.46. The number of amides is 1. The summed E-state index contributed by atoms with van der Waals surface area (Å²) < 4.78 is 3.48. The molecule has 8 nitrogen and oxygen atoms in total. The predicted molar refractivity (Wildman–Crippen MR) is 82.8 cm³/mol. The molecule has 0 fully saturated rings. The van der Waals surface area contributed by atoms with E-state index in [0.29, 0.717) is 23.4 Å². The lowest BCUT2D eigenvalue weighted by Gasteiger charge is -2.22. The molecular formula is C15H18N6O2. The fourth-order valence-electron chi connectivity index (χ4n) is 2.46. The molecule has 0 saturated carbocycles. The second kappa shape index (κ2) is 6.17. The molecule has 0 aliphatic heterocycles. The summed E-state index contributed by atoms with van der Waals surface area (Å²) in [5.41, 5.74) is 1.87. The smallest absolute Gasteiger partial charge is 0.257 e. The maximum Gasteiger partial charge on any atom is 0.257 e. The number of aliphatic hydroxyl groups excluding tert-OH is 1. The summed E-state index contributed by atoms with van der Waals surface area (Å²) in [7, 11) is 1.87. The number of nitrogens with zero attached hydrogens (tertiary/aromatic N) is 6. The molecule has 0 unspecified atom stereocenters. The molecule has 3 aromatic heterocycles. The first-order valence-corrected chi connectivity index (χ1v) is 7.27. The Bertz CT molecular complexity index is 837. The van der Waals surface area contributed by atoms with Crippen LogP contribution in [0.2, 0.25) is 0 Å². The molecule has 120 valence electrons. The number of imidazole rings is 1. The lowest BCUT2D eigenvalue weighted by molar-refractivity contribution is 0.0699. The first kappa shape index (κ1) is 15.2. The zero-order valence-corrected chi connectivity index (χ0v) is 13.0. The van der Waals surface area contributed by atoms with E-state index >= 15 is 0 Å². The highest BCUT2D eigenvalue weighted by atomic mass is 16.3. The Hall–Kier alpha value is -2.74. The molecule has 0 aliphatic carbocycles. The molecule has 23 heavy (non-hydrogen) atoms. The van der Waals surface area contributed by atoms with Crippen molar-refractivity contribution in [3.8, 4) is 0 Å². The summed E-state index contributed by atoms with van der Waals surface area (Å²) in [4.78, 5) is 22.9. The Morgan fingerprint density at radius 2 is 2.17 bits per heavy atom. The van der Waals surface area contributed by atoms with Crippen molar-refractivity contribution in [2.45, 2.75) is 13.5 Å². The van der Waals surface area contributed by atoms with Crippen LogP contribution in [0.5, 0.6) is 0 Å². The Balaban J connectivity index is 1.93. The number of aliphatic hydroxyl groups is 1. The third kappa shape index (κ3) is 2.80. The van der Waals surface area contributed by atoms with Gasteiger partial charge in [-0.1, -0.05) is 0 Å². The summed E-state index contributed by atoms with van der Waals surface area (Å²) >= 11 is 0.